The largest absolute Gasteiger partial charge is 0.482 e. The van der Waals surface area contributed by atoms with Crippen molar-refractivity contribution in [1.82, 2.24) is 9.99 Å². The number of benzene rings is 2. The van der Waals surface area contributed by atoms with Gasteiger partial charge < -0.3 is 4.74 Å². The number of nitrogens with two attached hydrogens (primary N) is 1. The summed E-state index contributed by atoms with van der Waals surface area (Å²) in [4.78, 5) is 24.6. The van der Waals surface area contributed by atoms with E-state index in [0.29, 0.717) is 27.2 Å². The molecule has 0 radical (unpaired) electrons. The van der Waals surface area contributed by atoms with Crippen LogP contribution in [0.2, 0.25) is 5.02 Å². The lowest BCUT2D eigenvalue weighted by Crippen LogP contribution is -2.29. The number of hydrogen-bond donors (Lipinski definition) is 2. The highest BCUT2D eigenvalue weighted by atomic mass is 35.5. The number of hydrogen-bond acceptors (Lipinski definition) is 4. The summed E-state index contributed by atoms with van der Waals surface area (Å²) in [5, 5.41) is 1.09. The van der Waals surface area contributed by atoms with Crippen molar-refractivity contribution < 1.29 is 14.3 Å². The van der Waals surface area contributed by atoms with Gasteiger partial charge in [-0.2, -0.15) is 0 Å². The van der Waals surface area contributed by atoms with E-state index in [1.807, 2.05) is 19.9 Å². The fourth-order valence-electron chi connectivity index (χ4n) is 2.93. The van der Waals surface area contributed by atoms with E-state index >= 15 is 0 Å². The van der Waals surface area contributed by atoms with Crippen LogP contribution in [-0.2, 0) is 0 Å². The molecule has 0 aliphatic rings. The van der Waals surface area contributed by atoms with Crippen LogP contribution in [0.1, 0.15) is 26.3 Å². The molecule has 0 unspecified atom stereocenters. The van der Waals surface area contributed by atoms with E-state index in [0.717, 1.165) is 11.1 Å². The fourth-order valence-corrected chi connectivity index (χ4v) is 3.31. The maximum absolute atomic E-state index is 12.7. The molecule has 0 saturated carbocycles. The van der Waals surface area contributed by atoms with E-state index in [4.69, 9.17) is 22.2 Å². The summed E-state index contributed by atoms with van der Waals surface area (Å²) in [5.74, 6) is 4.91. The Balaban J connectivity index is 1.91. The van der Waals surface area contributed by atoms with Crippen LogP contribution < -0.4 is 16.0 Å². The summed E-state index contributed by atoms with van der Waals surface area (Å²) < 4.78 is 7.04. The van der Waals surface area contributed by atoms with E-state index in [1.54, 1.807) is 30.3 Å². The van der Waals surface area contributed by atoms with Gasteiger partial charge in [-0.25, -0.2) is 5.84 Å². The minimum absolute atomic E-state index is 0.216. The second-order valence-corrected chi connectivity index (χ2v) is 6.39. The zero-order valence-electron chi connectivity index (χ0n) is 14.4. The maximum Gasteiger partial charge on any atom is 0.269 e. The molecular formula is C19H18ClN3O3. The second-order valence-electron chi connectivity index (χ2n) is 5.98. The zero-order chi connectivity index (χ0) is 18.8. The van der Waals surface area contributed by atoms with Crippen molar-refractivity contribution in [2.45, 2.75) is 13.8 Å². The predicted molar refractivity (Wildman–Crippen MR) is 101 cm³/mol. The molecule has 1 heterocycles. The number of carbonyl (C=O) groups excluding carboxylic acids is 2. The number of fused-ring (bicyclic) bond motifs is 1. The third-order valence-corrected chi connectivity index (χ3v) is 4.35. The molecule has 6 nitrogen and oxygen atoms in total. The standard InChI is InChI=1S/C19H18ClN3O3/c1-11-7-12(2)18(15(20)8-11)26-10-17(24)23-9-14(19(25)22-21)13-5-3-4-6-16(13)23/h3-9H,10,21H2,1-2H3,(H,22,25). The van der Waals surface area contributed by atoms with Crippen molar-refractivity contribution >= 4 is 34.3 Å². The first kappa shape index (κ1) is 18.0. The maximum atomic E-state index is 12.7. The van der Waals surface area contributed by atoms with Crippen molar-refractivity contribution in [2.75, 3.05) is 6.61 Å². The molecule has 0 aliphatic carbocycles. The van der Waals surface area contributed by atoms with E-state index < -0.39 is 5.91 Å². The van der Waals surface area contributed by atoms with Gasteiger partial charge in [0.25, 0.3) is 11.8 Å². The molecule has 0 fully saturated rings. The number of para-hydroxylation sites is 1. The van der Waals surface area contributed by atoms with Gasteiger partial charge in [0.1, 0.15) is 5.75 Å². The Kier molecular flexibility index (Phi) is 4.97. The number of aryl methyl sites for hydroxylation is 2. The SMILES string of the molecule is Cc1cc(C)c(OCC(=O)n2cc(C(=O)NN)c3ccccc32)c(Cl)c1. The summed E-state index contributed by atoms with van der Waals surface area (Å²) >= 11 is 6.21. The monoisotopic (exact) mass is 371 g/mol. The van der Waals surface area contributed by atoms with Gasteiger partial charge in [0.2, 0.25) is 0 Å². The molecule has 3 rings (SSSR count). The Morgan fingerprint density at radius 3 is 2.65 bits per heavy atom. The molecule has 1 amide bonds. The Morgan fingerprint density at radius 2 is 1.96 bits per heavy atom. The summed E-state index contributed by atoms with van der Waals surface area (Å²) in [7, 11) is 0. The zero-order valence-corrected chi connectivity index (χ0v) is 15.1. The van der Waals surface area contributed by atoms with E-state index in [-0.39, 0.29) is 12.5 Å². The van der Waals surface area contributed by atoms with Crippen LogP contribution in [0, 0.1) is 13.8 Å². The molecule has 3 aromatic rings. The minimum Gasteiger partial charge on any atom is -0.482 e. The van der Waals surface area contributed by atoms with Crippen molar-refractivity contribution in [2.24, 2.45) is 5.84 Å². The second kappa shape index (κ2) is 7.19. The van der Waals surface area contributed by atoms with Crippen molar-refractivity contribution in [3.63, 3.8) is 0 Å². The average Bonchev–Trinajstić information content (AvgIpc) is 2.99. The van der Waals surface area contributed by atoms with E-state index in [1.165, 1.54) is 10.8 Å². The predicted octanol–water partition coefficient (Wildman–Crippen LogP) is 3.23. The molecule has 0 bridgehead atoms. The smallest absolute Gasteiger partial charge is 0.269 e. The topological polar surface area (TPSA) is 86.3 Å². The molecule has 1 aromatic heterocycles. The van der Waals surface area contributed by atoms with Gasteiger partial charge in [-0.3, -0.25) is 19.6 Å². The summed E-state index contributed by atoms with van der Waals surface area (Å²) in [6.45, 7) is 3.59. The number of hydrazine groups is 1. The molecular weight excluding hydrogens is 354 g/mol. The van der Waals surface area contributed by atoms with E-state index in [2.05, 4.69) is 5.43 Å². The van der Waals surface area contributed by atoms with Gasteiger partial charge in [0.15, 0.2) is 6.61 Å². The number of nitrogens with one attached hydrogen (secondary N) is 1. The molecule has 7 heteroatoms. The quantitative estimate of drug-likeness (QED) is 0.419. The molecule has 0 spiro atoms. The number of aromatic nitrogens is 1. The third-order valence-electron chi connectivity index (χ3n) is 4.07. The van der Waals surface area contributed by atoms with Gasteiger partial charge in [0, 0.05) is 11.6 Å². The first-order chi connectivity index (χ1) is 12.4. The van der Waals surface area contributed by atoms with Crippen LogP contribution in [0.15, 0.2) is 42.6 Å². The van der Waals surface area contributed by atoms with Crippen molar-refractivity contribution in [3.8, 4) is 5.75 Å². The number of nitrogen functional groups attached to an aromatic ring is 1. The van der Waals surface area contributed by atoms with Gasteiger partial charge in [-0.05, 0) is 37.1 Å². The van der Waals surface area contributed by atoms with Crippen LogP contribution in [0.4, 0.5) is 0 Å². The number of rotatable bonds is 4. The van der Waals surface area contributed by atoms with E-state index in [9.17, 15) is 9.59 Å². The highest BCUT2D eigenvalue weighted by Crippen LogP contribution is 2.30. The van der Waals surface area contributed by atoms with Crippen molar-refractivity contribution in [1.29, 1.82) is 0 Å². The molecule has 0 atom stereocenters. The average molecular weight is 372 g/mol. The van der Waals surface area contributed by atoms with Gasteiger partial charge in [-0.15, -0.1) is 0 Å². The van der Waals surface area contributed by atoms with Gasteiger partial charge in [-0.1, -0.05) is 35.9 Å². The molecule has 0 saturated heterocycles. The first-order valence-corrected chi connectivity index (χ1v) is 8.34. The Hall–Kier alpha value is -2.83. The molecule has 3 N–H and O–H groups in total. The molecule has 26 heavy (non-hydrogen) atoms. The Bertz CT molecular complexity index is 987. The molecule has 134 valence electrons. The molecule has 2 aromatic carbocycles. The van der Waals surface area contributed by atoms with Crippen LogP contribution in [0.5, 0.6) is 5.75 Å². The first-order valence-electron chi connectivity index (χ1n) is 7.96. The highest BCUT2D eigenvalue weighted by molar-refractivity contribution is 6.32. The van der Waals surface area contributed by atoms with Gasteiger partial charge in [0.05, 0.1) is 16.1 Å². The number of nitrogens with zero attached hydrogens (tertiary/aromatic N) is 1. The number of amides is 1. The number of carbonyl (C=O) groups is 2. The highest BCUT2D eigenvalue weighted by Gasteiger charge is 2.18. The Labute approximate surface area is 155 Å². The fraction of sp³-hybridized carbons (Fsp3) is 0.158. The minimum atomic E-state index is -0.467. The van der Waals surface area contributed by atoms with Gasteiger partial charge >= 0.3 is 0 Å². The van der Waals surface area contributed by atoms with Crippen LogP contribution in [0.3, 0.4) is 0 Å². The molecule has 0 aliphatic heterocycles. The lowest BCUT2D eigenvalue weighted by atomic mass is 10.1. The summed E-state index contributed by atoms with van der Waals surface area (Å²) in [6, 6.07) is 10.8. The van der Waals surface area contributed by atoms with Crippen molar-refractivity contribution in [3.05, 3.63) is 64.3 Å². The number of halogens is 1. The van der Waals surface area contributed by atoms with Crippen LogP contribution in [-0.4, -0.2) is 23.0 Å². The number of ether oxygens (including phenoxy) is 1. The third kappa shape index (κ3) is 3.29. The van der Waals surface area contributed by atoms with Crippen LogP contribution >= 0.6 is 11.6 Å². The summed E-state index contributed by atoms with van der Waals surface area (Å²) in [5.41, 5.74) is 4.88. The summed E-state index contributed by atoms with van der Waals surface area (Å²) in [6.07, 6.45) is 1.46. The normalized spacial score (nSPS) is 10.8. The lowest BCUT2D eigenvalue weighted by Gasteiger charge is -2.12. The van der Waals surface area contributed by atoms with Crippen LogP contribution in [0.25, 0.3) is 10.9 Å². The lowest BCUT2D eigenvalue weighted by molar-refractivity contribution is 0.0843. The Morgan fingerprint density at radius 1 is 1.23 bits per heavy atom.